The monoisotopic (exact) mass is 287 g/mol. The normalized spacial score (nSPS) is 10.9. The van der Waals surface area contributed by atoms with Gasteiger partial charge < -0.3 is 15.5 Å². The van der Waals surface area contributed by atoms with Gasteiger partial charge in [0.2, 0.25) is 0 Å². The summed E-state index contributed by atoms with van der Waals surface area (Å²) in [5.41, 5.74) is 8.44. The fourth-order valence-corrected chi connectivity index (χ4v) is 2.68. The Bertz CT molecular complexity index is 742. The molecular weight excluding hydrogens is 274 g/mol. The van der Waals surface area contributed by atoms with Crippen LogP contribution in [-0.4, -0.2) is 27.3 Å². The molecule has 0 aliphatic heterocycles. The third-order valence-corrected chi connectivity index (χ3v) is 3.77. The van der Waals surface area contributed by atoms with Crippen molar-refractivity contribution in [3.8, 4) is 5.75 Å². The Morgan fingerprint density at radius 1 is 1.35 bits per heavy atom. The SMILES string of the molecule is COc1ccc2nc(Sc3nnccc3CN)[nH]c2c1. The number of rotatable bonds is 4. The number of methoxy groups -OCH3 is 1. The van der Waals surface area contributed by atoms with Crippen molar-refractivity contribution >= 4 is 22.8 Å². The molecule has 0 fully saturated rings. The summed E-state index contributed by atoms with van der Waals surface area (Å²) >= 11 is 1.42. The number of hydrogen-bond donors (Lipinski definition) is 2. The van der Waals surface area contributed by atoms with Gasteiger partial charge in [-0.05, 0) is 30.0 Å². The second-order valence-electron chi connectivity index (χ2n) is 4.09. The number of aromatic nitrogens is 4. The Morgan fingerprint density at radius 3 is 3.05 bits per heavy atom. The van der Waals surface area contributed by atoms with Crippen LogP contribution in [-0.2, 0) is 6.54 Å². The molecule has 0 aliphatic carbocycles. The third kappa shape index (κ3) is 2.45. The van der Waals surface area contributed by atoms with E-state index in [1.54, 1.807) is 13.3 Å². The van der Waals surface area contributed by atoms with Gasteiger partial charge in [-0.15, -0.1) is 5.10 Å². The lowest BCUT2D eigenvalue weighted by Crippen LogP contribution is -2.00. The fraction of sp³-hybridized carbons (Fsp3) is 0.154. The van der Waals surface area contributed by atoms with E-state index in [1.807, 2.05) is 24.3 Å². The van der Waals surface area contributed by atoms with E-state index in [0.717, 1.165) is 32.5 Å². The van der Waals surface area contributed by atoms with Crippen LogP contribution in [0.1, 0.15) is 5.56 Å². The first-order chi connectivity index (χ1) is 9.80. The first kappa shape index (κ1) is 12.9. The molecule has 0 saturated heterocycles. The van der Waals surface area contributed by atoms with E-state index >= 15 is 0 Å². The molecule has 0 aliphatic rings. The van der Waals surface area contributed by atoms with E-state index < -0.39 is 0 Å². The molecule has 3 N–H and O–H groups in total. The maximum Gasteiger partial charge on any atom is 0.172 e. The summed E-state index contributed by atoms with van der Waals surface area (Å²) in [5.74, 6) is 0.792. The van der Waals surface area contributed by atoms with E-state index in [2.05, 4.69) is 20.2 Å². The van der Waals surface area contributed by atoms with Crippen molar-refractivity contribution in [2.24, 2.45) is 5.73 Å². The van der Waals surface area contributed by atoms with Crippen molar-refractivity contribution < 1.29 is 4.74 Å². The molecule has 2 heterocycles. The number of H-pyrrole nitrogens is 1. The summed E-state index contributed by atoms with van der Waals surface area (Å²) in [6.07, 6.45) is 1.63. The van der Waals surface area contributed by atoms with Crippen LogP contribution in [0.25, 0.3) is 11.0 Å². The van der Waals surface area contributed by atoms with Crippen LogP contribution < -0.4 is 10.5 Å². The van der Waals surface area contributed by atoms with Crippen molar-refractivity contribution in [3.05, 3.63) is 36.0 Å². The van der Waals surface area contributed by atoms with Crippen LogP contribution >= 0.6 is 11.8 Å². The third-order valence-electron chi connectivity index (χ3n) is 2.85. The molecule has 0 bridgehead atoms. The van der Waals surface area contributed by atoms with Crippen LogP contribution in [0.2, 0.25) is 0 Å². The maximum atomic E-state index is 5.69. The Labute approximate surface area is 119 Å². The molecule has 0 atom stereocenters. The Morgan fingerprint density at radius 2 is 2.25 bits per heavy atom. The summed E-state index contributed by atoms with van der Waals surface area (Å²) in [5, 5.41) is 9.50. The summed E-state index contributed by atoms with van der Waals surface area (Å²) in [6.45, 7) is 0.423. The van der Waals surface area contributed by atoms with E-state index in [-0.39, 0.29) is 0 Å². The quantitative estimate of drug-likeness (QED) is 0.762. The van der Waals surface area contributed by atoms with Gasteiger partial charge in [0.15, 0.2) is 5.16 Å². The van der Waals surface area contributed by atoms with Gasteiger partial charge in [0.1, 0.15) is 10.8 Å². The predicted molar refractivity (Wildman–Crippen MR) is 76.7 cm³/mol. The van der Waals surface area contributed by atoms with Crippen LogP contribution in [0, 0.1) is 0 Å². The average molecular weight is 287 g/mol. The highest BCUT2D eigenvalue weighted by Gasteiger charge is 2.09. The highest BCUT2D eigenvalue weighted by Crippen LogP contribution is 2.28. The molecule has 20 heavy (non-hydrogen) atoms. The molecule has 1 aromatic carbocycles. The van der Waals surface area contributed by atoms with Crippen LogP contribution in [0.15, 0.2) is 40.6 Å². The van der Waals surface area contributed by atoms with Gasteiger partial charge >= 0.3 is 0 Å². The zero-order valence-corrected chi connectivity index (χ0v) is 11.6. The van der Waals surface area contributed by atoms with Gasteiger partial charge in [-0.1, -0.05) is 0 Å². The van der Waals surface area contributed by atoms with Gasteiger partial charge in [0.05, 0.1) is 18.1 Å². The van der Waals surface area contributed by atoms with Crippen molar-refractivity contribution in [2.75, 3.05) is 7.11 Å². The molecule has 6 nitrogen and oxygen atoms in total. The highest BCUT2D eigenvalue weighted by molar-refractivity contribution is 7.99. The van der Waals surface area contributed by atoms with Gasteiger partial charge in [-0.2, -0.15) is 5.10 Å². The number of nitrogens with two attached hydrogens (primary N) is 1. The Balaban J connectivity index is 1.94. The van der Waals surface area contributed by atoms with Crippen molar-refractivity contribution in [3.63, 3.8) is 0 Å². The molecule has 7 heteroatoms. The lowest BCUT2D eigenvalue weighted by atomic mass is 10.3. The van der Waals surface area contributed by atoms with Crippen LogP contribution in [0.3, 0.4) is 0 Å². The molecule has 0 amide bonds. The number of fused-ring (bicyclic) bond motifs is 1. The summed E-state index contributed by atoms with van der Waals surface area (Å²) in [7, 11) is 1.64. The molecule has 3 rings (SSSR count). The molecule has 3 aromatic rings. The fourth-order valence-electron chi connectivity index (χ4n) is 1.82. The number of benzene rings is 1. The Hall–Kier alpha value is -2.12. The summed E-state index contributed by atoms with van der Waals surface area (Å²) < 4.78 is 5.19. The first-order valence-electron chi connectivity index (χ1n) is 6.02. The van der Waals surface area contributed by atoms with Crippen LogP contribution in [0.4, 0.5) is 0 Å². The number of imidazole rings is 1. The van der Waals surface area contributed by atoms with E-state index in [4.69, 9.17) is 10.5 Å². The van der Waals surface area contributed by atoms with Crippen molar-refractivity contribution in [1.29, 1.82) is 0 Å². The topological polar surface area (TPSA) is 89.7 Å². The number of aromatic amines is 1. The highest BCUT2D eigenvalue weighted by atomic mass is 32.2. The molecular formula is C13H13N5OS. The predicted octanol–water partition coefficient (Wildman–Crippen LogP) is 1.97. The first-order valence-corrected chi connectivity index (χ1v) is 6.84. The van der Waals surface area contributed by atoms with E-state index in [1.165, 1.54) is 11.8 Å². The van der Waals surface area contributed by atoms with Gasteiger partial charge in [-0.3, -0.25) is 0 Å². The maximum absolute atomic E-state index is 5.69. The zero-order chi connectivity index (χ0) is 13.9. The van der Waals surface area contributed by atoms with Crippen molar-refractivity contribution in [2.45, 2.75) is 16.7 Å². The number of ether oxygens (including phenoxy) is 1. The lowest BCUT2D eigenvalue weighted by molar-refractivity contribution is 0.415. The molecule has 0 unspecified atom stereocenters. The zero-order valence-electron chi connectivity index (χ0n) is 10.8. The molecule has 102 valence electrons. The number of nitrogens with one attached hydrogen (secondary N) is 1. The summed E-state index contributed by atoms with van der Waals surface area (Å²) in [4.78, 5) is 7.74. The molecule has 2 aromatic heterocycles. The molecule has 0 radical (unpaired) electrons. The minimum Gasteiger partial charge on any atom is -0.497 e. The minimum absolute atomic E-state index is 0.423. The minimum atomic E-state index is 0.423. The van der Waals surface area contributed by atoms with Gasteiger partial charge in [-0.25, -0.2) is 4.98 Å². The smallest absolute Gasteiger partial charge is 0.172 e. The van der Waals surface area contributed by atoms with E-state index in [9.17, 15) is 0 Å². The van der Waals surface area contributed by atoms with E-state index in [0.29, 0.717) is 6.54 Å². The average Bonchev–Trinajstić information content (AvgIpc) is 2.89. The van der Waals surface area contributed by atoms with Crippen molar-refractivity contribution in [1.82, 2.24) is 20.2 Å². The van der Waals surface area contributed by atoms with Gasteiger partial charge in [0, 0.05) is 24.4 Å². The largest absolute Gasteiger partial charge is 0.497 e. The standard InChI is InChI=1S/C13H13N5OS/c1-19-9-2-3-10-11(6-9)17-13(16-10)20-12-8(7-14)4-5-15-18-12/h2-6H,7,14H2,1H3,(H,16,17). The summed E-state index contributed by atoms with van der Waals surface area (Å²) in [6, 6.07) is 7.56. The number of nitrogens with zero attached hydrogens (tertiary/aromatic N) is 3. The van der Waals surface area contributed by atoms with Crippen LogP contribution in [0.5, 0.6) is 5.75 Å². The molecule has 0 spiro atoms. The Kier molecular flexibility index (Phi) is 3.53. The second kappa shape index (κ2) is 5.48. The molecule has 0 saturated carbocycles. The number of hydrogen-bond acceptors (Lipinski definition) is 6. The second-order valence-corrected chi connectivity index (χ2v) is 5.07. The lowest BCUT2D eigenvalue weighted by Gasteiger charge is -2.01. The van der Waals surface area contributed by atoms with Gasteiger partial charge in [0.25, 0.3) is 0 Å².